The number of hydrogen-bond acceptors (Lipinski definition) is 2. The number of allylic oxidation sites excluding steroid dienone is 1. The van der Waals surface area contributed by atoms with Gasteiger partial charge in [-0.05, 0) is 25.7 Å². The largest absolute Gasteiger partial charge is 0.446 e. The maximum atomic E-state index is 11.1. The first-order valence-electron chi connectivity index (χ1n) is 5.43. The van der Waals surface area contributed by atoms with Gasteiger partial charge in [-0.2, -0.15) is 0 Å². The van der Waals surface area contributed by atoms with Gasteiger partial charge in [-0.1, -0.05) is 18.4 Å². The molecule has 1 rings (SSSR count). The third-order valence-corrected chi connectivity index (χ3v) is 3.03. The van der Waals surface area contributed by atoms with Crippen LogP contribution in [-0.2, 0) is 9.53 Å². The highest BCUT2D eigenvalue weighted by Gasteiger charge is 2.41. The van der Waals surface area contributed by atoms with Crippen molar-refractivity contribution in [2.45, 2.75) is 44.6 Å². The van der Waals surface area contributed by atoms with Gasteiger partial charge in [0.2, 0.25) is 0 Å². The summed E-state index contributed by atoms with van der Waals surface area (Å²) >= 11 is 0. The van der Waals surface area contributed by atoms with Crippen molar-refractivity contribution in [3.05, 3.63) is 12.7 Å². The minimum Gasteiger partial charge on any atom is -0.446 e. The zero-order valence-electron chi connectivity index (χ0n) is 9.29. The van der Waals surface area contributed by atoms with E-state index in [0.29, 0.717) is 0 Å². The Labute approximate surface area is 91.7 Å². The molecule has 0 N–H and O–H groups in total. The van der Waals surface area contributed by atoms with E-state index >= 15 is 0 Å². The average molecular weight is 206 g/mol. The standard InChI is InChI=1S/C13H18O2/c1-4-8-12-9-6-7-10-13(12,5-2)15-11(3)14/h2,4,12H,1,6-10H2,3H3/t12-,13+/m0/s1. The number of carbonyl (C=O) groups excluding carboxylic acids is 1. The molecular weight excluding hydrogens is 188 g/mol. The van der Waals surface area contributed by atoms with E-state index in [9.17, 15) is 4.79 Å². The summed E-state index contributed by atoms with van der Waals surface area (Å²) in [6, 6.07) is 0. The Hall–Kier alpha value is -1.23. The number of carbonyl (C=O) groups is 1. The highest BCUT2D eigenvalue weighted by Crippen LogP contribution is 2.38. The van der Waals surface area contributed by atoms with Gasteiger partial charge in [-0.15, -0.1) is 13.0 Å². The SMILES string of the molecule is C#C[C@@]1(OC(C)=O)CCCC[C@@H]1CC=C. The van der Waals surface area contributed by atoms with Gasteiger partial charge >= 0.3 is 5.97 Å². The van der Waals surface area contributed by atoms with E-state index < -0.39 is 5.60 Å². The summed E-state index contributed by atoms with van der Waals surface area (Å²) in [5, 5.41) is 0. The monoisotopic (exact) mass is 206 g/mol. The molecule has 1 aliphatic rings. The minimum atomic E-state index is -0.682. The Morgan fingerprint density at radius 3 is 3.00 bits per heavy atom. The van der Waals surface area contributed by atoms with E-state index in [2.05, 4.69) is 12.5 Å². The fourth-order valence-electron chi connectivity index (χ4n) is 2.34. The van der Waals surface area contributed by atoms with Gasteiger partial charge in [0.15, 0.2) is 5.60 Å². The quantitative estimate of drug-likeness (QED) is 0.403. The van der Waals surface area contributed by atoms with Gasteiger partial charge in [-0.3, -0.25) is 4.79 Å². The van der Waals surface area contributed by atoms with Crippen molar-refractivity contribution in [1.82, 2.24) is 0 Å². The van der Waals surface area contributed by atoms with E-state index in [1.54, 1.807) is 0 Å². The Kier molecular flexibility index (Phi) is 3.96. The molecule has 1 fully saturated rings. The second-order valence-electron chi connectivity index (χ2n) is 4.09. The first-order valence-corrected chi connectivity index (χ1v) is 5.43. The van der Waals surface area contributed by atoms with Crippen LogP contribution in [0.5, 0.6) is 0 Å². The molecule has 2 nitrogen and oxygen atoms in total. The van der Waals surface area contributed by atoms with Gasteiger partial charge in [0.25, 0.3) is 0 Å². The second-order valence-corrected chi connectivity index (χ2v) is 4.09. The Morgan fingerprint density at radius 1 is 1.73 bits per heavy atom. The summed E-state index contributed by atoms with van der Waals surface area (Å²) in [7, 11) is 0. The molecule has 0 spiro atoms. The van der Waals surface area contributed by atoms with Crippen molar-refractivity contribution in [3.8, 4) is 12.3 Å². The van der Waals surface area contributed by atoms with Crippen molar-refractivity contribution in [2.24, 2.45) is 5.92 Å². The minimum absolute atomic E-state index is 0.234. The molecule has 0 radical (unpaired) electrons. The summed E-state index contributed by atoms with van der Waals surface area (Å²) < 4.78 is 5.37. The van der Waals surface area contributed by atoms with Crippen LogP contribution in [0.25, 0.3) is 0 Å². The predicted octanol–water partition coefficient (Wildman–Crippen LogP) is 2.69. The predicted molar refractivity (Wildman–Crippen MR) is 60.1 cm³/mol. The molecule has 0 aromatic rings. The molecule has 1 saturated carbocycles. The molecule has 15 heavy (non-hydrogen) atoms. The molecule has 2 heteroatoms. The summed E-state index contributed by atoms with van der Waals surface area (Å²) in [6.07, 6.45) is 12.2. The molecule has 0 saturated heterocycles. The summed E-state index contributed by atoms with van der Waals surface area (Å²) in [6.45, 7) is 5.14. The van der Waals surface area contributed by atoms with E-state index in [1.165, 1.54) is 6.92 Å². The van der Waals surface area contributed by atoms with E-state index in [4.69, 9.17) is 11.2 Å². The number of rotatable bonds is 3. The molecule has 0 amide bonds. The maximum absolute atomic E-state index is 11.1. The molecule has 0 aromatic heterocycles. The molecule has 0 aliphatic heterocycles. The fraction of sp³-hybridized carbons (Fsp3) is 0.615. The normalized spacial score (nSPS) is 30.3. The van der Waals surface area contributed by atoms with Gasteiger partial charge < -0.3 is 4.74 Å². The van der Waals surface area contributed by atoms with E-state index in [-0.39, 0.29) is 11.9 Å². The zero-order chi connectivity index (χ0) is 11.3. The number of ether oxygens (including phenoxy) is 1. The van der Waals surface area contributed by atoms with Gasteiger partial charge in [-0.25, -0.2) is 0 Å². The first-order chi connectivity index (χ1) is 7.14. The molecule has 2 atom stereocenters. The maximum Gasteiger partial charge on any atom is 0.304 e. The van der Waals surface area contributed by atoms with Crippen LogP contribution < -0.4 is 0 Å². The third-order valence-electron chi connectivity index (χ3n) is 3.03. The number of hydrogen-bond donors (Lipinski definition) is 0. The lowest BCUT2D eigenvalue weighted by atomic mass is 9.74. The van der Waals surface area contributed by atoms with Crippen LogP contribution in [0, 0.1) is 18.3 Å². The Bertz CT molecular complexity index is 287. The molecule has 0 aromatic carbocycles. The topological polar surface area (TPSA) is 26.3 Å². The van der Waals surface area contributed by atoms with Crippen LogP contribution in [0.2, 0.25) is 0 Å². The number of esters is 1. The highest BCUT2D eigenvalue weighted by molar-refractivity contribution is 5.67. The number of terminal acetylenes is 1. The smallest absolute Gasteiger partial charge is 0.304 e. The van der Waals surface area contributed by atoms with E-state index in [1.807, 2.05) is 6.08 Å². The molecule has 1 aliphatic carbocycles. The second kappa shape index (κ2) is 5.02. The van der Waals surface area contributed by atoms with Gasteiger partial charge in [0, 0.05) is 12.8 Å². The Balaban J connectivity index is 2.85. The lowest BCUT2D eigenvalue weighted by molar-refractivity contribution is -0.158. The van der Waals surface area contributed by atoms with Crippen molar-refractivity contribution >= 4 is 5.97 Å². The van der Waals surface area contributed by atoms with Crippen LogP contribution in [-0.4, -0.2) is 11.6 Å². The van der Waals surface area contributed by atoms with Crippen molar-refractivity contribution < 1.29 is 9.53 Å². The molecule has 0 unspecified atom stereocenters. The fourth-order valence-corrected chi connectivity index (χ4v) is 2.34. The first kappa shape index (κ1) is 11.8. The molecule has 0 bridgehead atoms. The van der Waals surface area contributed by atoms with Gasteiger partial charge in [0.1, 0.15) is 0 Å². The van der Waals surface area contributed by atoms with Crippen molar-refractivity contribution in [1.29, 1.82) is 0 Å². The Morgan fingerprint density at radius 2 is 2.47 bits per heavy atom. The van der Waals surface area contributed by atoms with Gasteiger partial charge in [0.05, 0.1) is 0 Å². The third kappa shape index (κ3) is 2.62. The molecular formula is C13H18O2. The van der Waals surface area contributed by atoms with Crippen LogP contribution in [0.1, 0.15) is 39.0 Å². The van der Waals surface area contributed by atoms with E-state index in [0.717, 1.165) is 32.1 Å². The summed E-state index contributed by atoms with van der Waals surface area (Å²) in [5.74, 6) is 2.64. The van der Waals surface area contributed by atoms with Crippen LogP contribution >= 0.6 is 0 Å². The highest BCUT2D eigenvalue weighted by atomic mass is 16.6. The summed E-state index contributed by atoms with van der Waals surface area (Å²) in [4.78, 5) is 11.1. The molecule has 82 valence electrons. The van der Waals surface area contributed by atoms with Crippen molar-refractivity contribution in [2.75, 3.05) is 0 Å². The zero-order valence-corrected chi connectivity index (χ0v) is 9.29. The summed E-state index contributed by atoms with van der Waals surface area (Å²) in [5.41, 5.74) is -0.682. The molecule has 0 heterocycles. The lowest BCUT2D eigenvalue weighted by Gasteiger charge is -2.39. The van der Waals surface area contributed by atoms with Crippen LogP contribution in [0.15, 0.2) is 12.7 Å². The van der Waals surface area contributed by atoms with Crippen LogP contribution in [0.3, 0.4) is 0 Å². The lowest BCUT2D eigenvalue weighted by Crippen LogP contribution is -2.43. The van der Waals surface area contributed by atoms with Crippen molar-refractivity contribution in [3.63, 3.8) is 0 Å². The average Bonchev–Trinajstić information content (AvgIpc) is 2.20. The van der Waals surface area contributed by atoms with Crippen LogP contribution in [0.4, 0.5) is 0 Å².